The molecular formula is C41H67N7O9. The van der Waals surface area contributed by atoms with Crippen LogP contribution in [-0.4, -0.2) is 102 Å². The molecule has 320 valence electrons. The molecule has 16 heteroatoms. The number of fused-ring (bicyclic) bond motifs is 1. The minimum absolute atomic E-state index is 0.0384. The maximum Gasteiger partial charge on any atom is 0.418 e. The fraction of sp³-hybridized carbons (Fsp3) is 0.683. The Labute approximate surface area is 337 Å². The molecular weight excluding hydrogens is 734 g/mol. The van der Waals surface area contributed by atoms with E-state index in [1.807, 2.05) is 44.7 Å². The second-order valence-electron chi connectivity index (χ2n) is 16.0. The van der Waals surface area contributed by atoms with E-state index in [0.29, 0.717) is 61.8 Å². The standard InChI is InChI=1S/C33H52N6O8.C8H15NO/c1-7-8-16-25(29(40)35-18-13-9-10-14-19-47-39(44)45)36-30(41)26(37-31(42)27(34-5)21-33(2,3)4)20-23-22-38(32(43)46-6)28-17-12-11-15-24(23)28;1-7-4-3-5-8(2)9(7)6-10/h11-12,15,17,22,25-27,34H,7-10,13-14,16,18-21H2,1-6H3,(H,35,40)(H,36,41)(H,37,42);6-8H,3-5H2,1-2H3. The average molecular weight is 802 g/mol. The summed E-state index contributed by atoms with van der Waals surface area (Å²) >= 11 is 0. The van der Waals surface area contributed by atoms with E-state index in [9.17, 15) is 34.1 Å². The minimum atomic E-state index is -1.05. The van der Waals surface area contributed by atoms with Crippen LogP contribution in [0.1, 0.15) is 118 Å². The Morgan fingerprint density at radius 3 is 2.16 bits per heavy atom. The van der Waals surface area contributed by atoms with E-state index < -0.39 is 35.2 Å². The third-order valence-electron chi connectivity index (χ3n) is 10.1. The maximum atomic E-state index is 13.9. The van der Waals surface area contributed by atoms with Gasteiger partial charge in [-0.05, 0) is 82.9 Å². The Hall–Kier alpha value is -4.73. The number of nitrogens with one attached hydrogen (secondary N) is 4. The van der Waals surface area contributed by atoms with Crippen molar-refractivity contribution in [1.82, 2.24) is 30.7 Å². The highest BCUT2D eigenvalue weighted by Crippen LogP contribution is 2.24. The van der Waals surface area contributed by atoms with Gasteiger partial charge in [-0.15, -0.1) is 10.1 Å². The third-order valence-corrected chi connectivity index (χ3v) is 10.1. The number of likely N-dealkylation sites (tertiary alicyclic amines) is 1. The number of unbranched alkanes of at least 4 members (excludes halogenated alkanes) is 4. The number of benzene rings is 1. The Morgan fingerprint density at radius 2 is 1.58 bits per heavy atom. The molecule has 2 aromatic rings. The number of carbonyl (C=O) groups is 5. The molecule has 0 aliphatic carbocycles. The first-order valence-corrected chi connectivity index (χ1v) is 20.3. The van der Waals surface area contributed by atoms with Crippen LogP contribution in [-0.2, 0) is 35.2 Å². The molecule has 5 unspecified atom stereocenters. The van der Waals surface area contributed by atoms with Crippen LogP contribution < -0.4 is 21.3 Å². The van der Waals surface area contributed by atoms with Crippen molar-refractivity contribution in [3.05, 3.63) is 46.1 Å². The van der Waals surface area contributed by atoms with Gasteiger partial charge in [0.1, 0.15) is 12.1 Å². The molecule has 0 radical (unpaired) electrons. The van der Waals surface area contributed by atoms with E-state index in [1.165, 1.54) is 30.9 Å². The van der Waals surface area contributed by atoms with Gasteiger partial charge >= 0.3 is 6.09 Å². The van der Waals surface area contributed by atoms with Gasteiger partial charge in [0.15, 0.2) is 0 Å². The summed E-state index contributed by atoms with van der Waals surface area (Å²) < 4.78 is 6.31. The average Bonchev–Trinajstić information content (AvgIpc) is 3.53. The highest BCUT2D eigenvalue weighted by atomic mass is 16.9. The van der Waals surface area contributed by atoms with Gasteiger partial charge in [-0.1, -0.05) is 71.6 Å². The summed E-state index contributed by atoms with van der Waals surface area (Å²) in [5.74, 6) is -1.19. The highest BCUT2D eigenvalue weighted by Gasteiger charge is 2.31. The number of likely N-dealkylation sites (N-methyl/N-ethyl adjacent to an activating group) is 1. The quantitative estimate of drug-likeness (QED) is 0.0557. The molecule has 3 rings (SSSR count). The molecule has 0 bridgehead atoms. The molecule has 57 heavy (non-hydrogen) atoms. The number of methoxy groups -OCH3 is 1. The van der Waals surface area contributed by atoms with Crippen LogP contribution in [0.2, 0.25) is 0 Å². The normalized spacial score (nSPS) is 16.9. The summed E-state index contributed by atoms with van der Waals surface area (Å²) in [5, 5.41) is 21.9. The molecule has 16 nitrogen and oxygen atoms in total. The van der Waals surface area contributed by atoms with Crippen LogP contribution in [0, 0.1) is 15.5 Å². The van der Waals surface area contributed by atoms with E-state index >= 15 is 0 Å². The van der Waals surface area contributed by atoms with E-state index in [2.05, 4.69) is 40.0 Å². The number of para-hydroxylation sites is 1. The zero-order valence-corrected chi connectivity index (χ0v) is 35.3. The van der Waals surface area contributed by atoms with Crippen molar-refractivity contribution in [2.45, 2.75) is 149 Å². The number of ether oxygens (including phenoxy) is 1. The number of aromatic nitrogens is 1. The van der Waals surface area contributed by atoms with Gasteiger partial charge in [0.25, 0.3) is 5.09 Å². The smallest absolute Gasteiger partial charge is 0.418 e. The number of carbonyl (C=O) groups excluding carboxylic acids is 5. The molecule has 1 saturated heterocycles. The fourth-order valence-electron chi connectivity index (χ4n) is 6.95. The number of hydrogen-bond acceptors (Lipinski definition) is 10. The van der Waals surface area contributed by atoms with Crippen LogP contribution in [0.15, 0.2) is 30.5 Å². The zero-order chi connectivity index (χ0) is 42.5. The molecule has 1 aromatic carbocycles. The second-order valence-corrected chi connectivity index (χ2v) is 16.0. The Balaban J connectivity index is 0.000000969. The first-order valence-electron chi connectivity index (χ1n) is 20.3. The first kappa shape index (κ1) is 48.4. The predicted molar refractivity (Wildman–Crippen MR) is 219 cm³/mol. The van der Waals surface area contributed by atoms with E-state index in [0.717, 1.165) is 31.1 Å². The topological polar surface area (TPSA) is 203 Å². The fourth-order valence-corrected chi connectivity index (χ4v) is 6.95. The lowest BCUT2D eigenvalue weighted by Gasteiger charge is -2.35. The van der Waals surface area contributed by atoms with E-state index in [4.69, 9.17) is 4.74 Å². The molecule has 1 aliphatic heterocycles. The molecule has 0 saturated carbocycles. The largest absolute Gasteiger partial charge is 0.452 e. The zero-order valence-electron chi connectivity index (χ0n) is 35.3. The van der Waals surface area contributed by atoms with Crippen LogP contribution >= 0.6 is 0 Å². The number of rotatable bonds is 21. The molecule has 1 fully saturated rings. The summed E-state index contributed by atoms with van der Waals surface area (Å²) in [6.45, 7) is 12.7. The lowest BCUT2D eigenvalue weighted by Crippen LogP contribution is -2.57. The van der Waals surface area contributed by atoms with Crippen LogP contribution in [0.3, 0.4) is 0 Å². The number of hydrogen-bond donors (Lipinski definition) is 4. The Morgan fingerprint density at radius 1 is 0.947 bits per heavy atom. The molecule has 0 spiro atoms. The summed E-state index contributed by atoms with van der Waals surface area (Å²) in [6.07, 6.45) is 10.8. The van der Waals surface area contributed by atoms with Gasteiger partial charge < -0.3 is 35.7 Å². The lowest BCUT2D eigenvalue weighted by atomic mass is 9.87. The highest BCUT2D eigenvalue weighted by molar-refractivity contribution is 5.95. The number of piperidine rings is 1. The molecule has 4 amide bonds. The van der Waals surface area contributed by atoms with Crippen molar-refractivity contribution < 1.29 is 38.6 Å². The van der Waals surface area contributed by atoms with Crippen molar-refractivity contribution in [1.29, 1.82) is 0 Å². The Kier molecular flexibility index (Phi) is 21.1. The van der Waals surface area contributed by atoms with E-state index in [-0.39, 0.29) is 30.3 Å². The third kappa shape index (κ3) is 16.7. The predicted octanol–water partition coefficient (Wildman–Crippen LogP) is 5.27. The van der Waals surface area contributed by atoms with Gasteiger partial charge in [-0.3, -0.25) is 23.7 Å². The maximum absolute atomic E-state index is 13.9. The molecule has 1 aliphatic rings. The van der Waals surface area contributed by atoms with Gasteiger partial charge in [0.2, 0.25) is 24.1 Å². The number of amides is 4. The summed E-state index contributed by atoms with van der Waals surface area (Å²) in [7, 11) is 2.98. The number of nitrogens with zero attached hydrogens (tertiary/aromatic N) is 3. The van der Waals surface area contributed by atoms with Gasteiger partial charge in [-0.25, -0.2) is 4.79 Å². The van der Waals surface area contributed by atoms with Crippen molar-refractivity contribution in [3.63, 3.8) is 0 Å². The summed E-state index contributed by atoms with van der Waals surface area (Å²) in [6, 6.07) is 5.72. The van der Waals surface area contributed by atoms with Crippen LogP contribution in [0.4, 0.5) is 4.79 Å². The van der Waals surface area contributed by atoms with Crippen molar-refractivity contribution in [2.75, 3.05) is 27.3 Å². The van der Waals surface area contributed by atoms with Crippen LogP contribution in [0.25, 0.3) is 10.9 Å². The van der Waals surface area contributed by atoms with Gasteiger partial charge in [-0.2, -0.15) is 0 Å². The molecule has 1 aromatic heterocycles. The molecule has 5 atom stereocenters. The molecule has 4 N–H and O–H groups in total. The minimum Gasteiger partial charge on any atom is -0.452 e. The summed E-state index contributed by atoms with van der Waals surface area (Å²) in [4.78, 5) is 80.2. The van der Waals surface area contributed by atoms with Crippen molar-refractivity contribution in [2.24, 2.45) is 5.41 Å². The van der Waals surface area contributed by atoms with E-state index in [1.54, 1.807) is 25.4 Å². The SMILES string of the molecule is CC1CCCC(C)N1C=O.CCCCC(NC(=O)C(Cc1cn(C(=O)OC)c2ccccc12)NC(=O)C(CC(C)(C)C)NC)C(=O)NCCCCCCO[N+](=O)[O-]. The summed E-state index contributed by atoms with van der Waals surface area (Å²) in [5.41, 5.74) is 1.09. The van der Waals surface area contributed by atoms with Crippen molar-refractivity contribution in [3.8, 4) is 0 Å². The first-order chi connectivity index (χ1) is 27.1. The molecule has 2 heterocycles. The van der Waals surface area contributed by atoms with Crippen molar-refractivity contribution >= 4 is 41.1 Å². The second kappa shape index (κ2) is 24.8. The lowest BCUT2D eigenvalue weighted by molar-refractivity contribution is -0.757. The monoisotopic (exact) mass is 802 g/mol. The van der Waals surface area contributed by atoms with Gasteiger partial charge in [0, 0.05) is 36.6 Å². The Bertz CT molecular complexity index is 1580. The van der Waals surface area contributed by atoms with Crippen LogP contribution in [0.5, 0.6) is 0 Å². The van der Waals surface area contributed by atoms with Gasteiger partial charge in [0.05, 0.1) is 25.3 Å².